The Bertz CT molecular complexity index is 1290. The van der Waals surface area contributed by atoms with Crippen molar-refractivity contribution in [2.45, 2.75) is 25.3 Å². The van der Waals surface area contributed by atoms with E-state index >= 15 is 0 Å². The summed E-state index contributed by atoms with van der Waals surface area (Å²) in [6.45, 7) is 3.03. The van der Waals surface area contributed by atoms with Crippen LogP contribution in [0.1, 0.15) is 16.7 Å². The molecule has 33 heavy (non-hydrogen) atoms. The smallest absolute Gasteiger partial charge is 0.269 e. The number of hydrogen-bond acceptors (Lipinski definition) is 5. The topological polar surface area (TPSA) is 110 Å². The summed E-state index contributed by atoms with van der Waals surface area (Å²) in [6, 6.07) is 17.0. The Morgan fingerprint density at radius 2 is 1.73 bits per heavy atom. The van der Waals surface area contributed by atoms with Gasteiger partial charge in [-0.25, -0.2) is 8.42 Å². The number of nitro benzene ring substituents is 1. The lowest BCUT2D eigenvalue weighted by Gasteiger charge is -2.26. The fourth-order valence-corrected chi connectivity index (χ4v) is 4.82. The van der Waals surface area contributed by atoms with Gasteiger partial charge in [0.25, 0.3) is 15.7 Å². The molecule has 3 aromatic rings. The molecule has 0 saturated carbocycles. The van der Waals surface area contributed by atoms with E-state index in [2.05, 4.69) is 5.32 Å². The molecule has 0 unspecified atom stereocenters. The average molecular weight is 488 g/mol. The van der Waals surface area contributed by atoms with Crippen LogP contribution in [0.25, 0.3) is 0 Å². The Balaban J connectivity index is 1.89. The van der Waals surface area contributed by atoms with Gasteiger partial charge in [-0.05, 0) is 49.2 Å². The zero-order valence-electron chi connectivity index (χ0n) is 18.0. The van der Waals surface area contributed by atoms with Crippen LogP contribution in [0.5, 0.6) is 0 Å². The monoisotopic (exact) mass is 487 g/mol. The maximum absolute atomic E-state index is 13.5. The summed E-state index contributed by atoms with van der Waals surface area (Å²) in [4.78, 5) is 23.2. The highest BCUT2D eigenvalue weighted by Crippen LogP contribution is 2.30. The van der Waals surface area contributed by atoms with Crippen LogP contribution in [0.15, 0.2) is 71.6 Å². The van der Waals surface area contributed by atoms with Gasteiger partial charge in [0.15, 0.2) is 0 Å². The lowest BCUT2D eigenvalue weighted by molar-refractivity contribution is -0.384. The summed E-state index contributed by atoms with van der Waals surface area (Å²) in [5.41, 5.74) is 2.12. The van der Waals surface area contributed by atoms with E-state index in [-0.39, 0.29) is 22.8 Å². The molecule has 0 radical (unpaired) electrons. The van der Waals surface area contributed by atoms with Crippen LogP contribution in [0.3, 0.4) is 0 Å². The van der Waals surface area contributed by atoms with Gasteiger partial charge in [0.05, 0.1) is 15.5 Å². The predicted octanol–water partition coefficient (Wildman–Crippen LogP) is 4.38. The van der Waals surface area contributed by atoms with Crippen LogP contribution in [-0.2, 0) is 21.4 Å². The van der Waals surface area contributed by atoms with Gasteiger partial charge < -0.3 is 5.32 Å². The highest BCUT2D eigenvalue weighted by molar-refractivity contribution is 7.92. The number of hydrogen-bond donors (Lipinski definition) is 1. The average Bonchev–Trinajstić information content (AvgIpc) is 2.78. The van der Waals surface area contributed by atoms with Crippen LogP contribution in [-0.4, -0.2) is 25.8 Å². The summed E-state index contributed by atoms with van der Waals surface area (Å²) in [5.74, 6) is -0.573. The van der Waals surface area contributed by atoms with Gasteiger partial charge in [-0.2, -0.15) is 0 Å². The highest BCUT2D eigenvalue weighted by Gasteiger charge is 2.28. The molecule has 10 heteroatoms. The first kappa shape index (κ1) is 24.2. The molecule has 0 aromatic heterocycles. The molecule has 0 fully saturated rings. The number of nitrogens with one attached hydrogen (secondary N) is 1. The Morgan fingerprint density at radius 3 is 2.39 bits per heavy atom. The molecule has 1 amide bonds. The molecule has 0 heterocycles. The number of nitro groups is 1. The number of amides is 1. The van der Waals surface area contributed by atoms with Crippen molar-refractivity contribution < 1.29 is 18.1 Å². The molecule has 172 valence electrons. The standard InChI is InChI=1S/C23H22ClN3O5S/c1-16-9-11-20(12-10-16)33(31,32)26(22-8-4-7-21(24)17(22)2)15-23(28)25-14-18-5-3-6-19(13-18)27(29)30/h3-13H,14-15H2,1-2H3,(H,25,28). The van der Waals surface area contributed by atoms with Gasteiger partial charge >= 0.3 is 0 Å². The zero-order chi connectivity index (χ0) is 24.2. The van der Waals surface area contributed by atoms with E-state index < -0.39 is 27.4 Å². The van der Waals surface area contributed by atoms with Gasteiger partial charge in [0.1, 0.15) is 6.54 Å². The number of sulfonamides is 1. The molecule has 3 aromatic carbocycles. The van der Waals surface area contributed by atoms with Gasteiger partial charge in [-0.15, -0.1) is 0 Å². The number of carbonyl (C=O) groups is 1. The highest BCUT2D eigenvalue weighted by atomic mass is 35.5. The first-order valence-corrected chi connectivity index (χ1v) is 11.8. The fraction of sp³-hybridized carbons (Fsp3) is 0.174. The number of benzene rings is 3. The van der Waals surface area contributed by atoms with Crippen molar-refractivity contribution in [3.05, 3.63) is 98.6 Å². The summed E-state index contributed by atoms with van der Waals surface area (Å²) < 4.78 is 27.9. The molecule has 8 nitrogen and oxygen atoms in total. The molecule has 0 aliphatic heterocycles. The van der Waals surface area contributed by atoms with E-state index in [1.54, 1.807) is 43.3 Å². The van der Waals surface area contributed by atoms with E-state index in [1.807, 2.05) is 6.92 Å². The van der Waals surface area contributed by atoms with Crippen molar-refractivity contribution in [1.29, 1.82) is 0 Å². The van der Waals surface area contributed by atoms with E-state index in [9.17, 15) is 23.3 Å². The quantitative estimate of drug-likeness (QED) is 0.374. The number of anilines is 1. The van der Waals surface area contributed by atoms with Crippen molar-refractivity contribution in [1.82, 2.24) is 5.32 Å². The lowest BCUT2D eigenvalue weighted by atomic mass is 10.2. The summed E-state index contributed by atoms with van der Waals surface area (Å²) in [5, 5.41) is 14.0. The molecule has 0 spiro atoms. The minimum Gasteiger partial charge on any atom is -0.350 e. The third kappa shape index (κ3) is 5.68. The molecule has 1 N–H and O–H groups in total. The number of nitrogens with zero attached hydrogens (tertiary/aromatic N) is 2. The number of halogens is 1. The lowest BCUT2D eigenvalue weighted by Crippen LogP contribution is -2.41. The number of carbonyl (C=O) groups excluding carboxylic acids is 1. The Labute approximate surface area is 197 Å². The minimum atomic E-state index is -4.08. The minimum absolute atomic E-state index is 0.00740. The zero-order valence-corrected chi connectivity index (χ0v) is 19.6. The first-order chi connectivity index (χ1) is 15.6. The third-order valence-corrected chi connectivity index (χ3v) is 7.20. The summed E-state index contributed by atoms with van der Waals surface area (Å²) in [6.07, 6.45) is 0. The van der Waals surface area contributed by atoms with Crippen LogP contribution < -0.4 is 9.62 Å². The van der Waals surface area contributed by atoms with E-state index in [1.165, 1.54) is 30.3 Å². The van der Waals surface area contributed by atoms with Crippen LogP contribution in [0.2, 0.25) is 5.02 Å². The van der Waals surface area contributed by atoms with Crippen molar-refractivity contribution >= 4 is 38.9 Å². The number of aryl methyl sites for hydroxylation is 1. The van der Waals surface area contributed by atoms with E-state index in [4.69, 9.17) is 11.6 Å². The Morgan fingerprint density at radius 1 is 1.06 bits per heavy atom. The van der Waals surface area contributed by atoms with Gasteiger partial charge in [-0.1, -0.05) is 47.5 Å². The second-order valence-electron chi connectivity index (χ2n) is 7.41. The van der Waals surface area contributed by atoms with Crippen molar-refractivity contribution in [2.75, 3.05) is 10.8 Å². The van der Waals surface area contributed by atoms with Gasteiger partial charge in [-0.3, -0.25) is 19.2 Å². The summed E-state index contributed by atoms with van der Waals surface area (Å²) in [7, 11) is -4.08. The third-order valence-electron chi connectivity index (χ3n) is 5.02. The predicted molar refractivity (Wildman–Crippen MR) is 127 cm³/mol. The molecular weight excluding hydrogens is 466 g/mol. The Kier molecular flexibility index (Phi) is 7.35. The fourth-order valence-electron chi connectivity index (χ4n) is 3.17. The van der Waals surface area contributed by atoms with E-state index in [0.717, 1.165) is 9.87 Å². The molecule has 3 rings (SSSR count). The van der Waals surface area contributed by atoms with Crippen molar-refractivity contribution in [3.8, 4) is 0 Å². The van der Waals surface area contributed by atoms with Crippen LogP contribution in [0, 0.1) is 24.0 Å². The summed E-state index contributed by atoms with van der Waals surface area (Å²) >= 11 is 6.22. The maximum Gasteiger partial charge on any atom is 0.269 e. The molecular formula is C23H22ClN3O5S. The van der Waals surface area contributed by atoms with E-state index in [0.29, 0.717) is 16.1 Å². The van der Waals surface area contributed by atoms with Crippen LogP contribution in [0.4, 0.5) is 11.4 Å². The second-order valence-corrected chi connectivity index (χ2v) is 9.68. The molecule has 0 aliphatic carbocycles. The first-order valence-electron chi connectivity index (χ1n) is 9.94. The Hall–Kier alpha value is -3.43. The van der Waals surface area contributed by atoms with Crippen molar-refractivity contribution in [3.63, 3.8) is 0 Å². The number of non-ortho nitro benzene ring substituents is 1. The van der Waals surface area contributed by atoms with Crippen molar-refractivity contribution in [2.24, 2.45) is 0 Å². The molecule has 0 bridgehead atoms. The number of rotatable bonds is 8. The SMILES string of the molecule is Cc1ccc(S(=O)(=O)N(CC(=O)NCc2cccc([N+](=O)[O-])c2)c2cccc(Cl)c2C)cc1. The maximum atomic E-state index is 13.5. The second kappa shape index (κ2) is 10.0. The molecule has 0 atom stereocenters. The van der Waals surface area contributed by atoms with Crippen LogP contribution >= 0.6 is 11.6 Å². The molecule has 0 saturated heterocycles. The van der Waals surface area contributed by atoms with Gasteiger partial charge in [0, 0.05) is 23.7 Å². The van der Waals surface area contributed by atoms with Gasteiger partial charge in [0.2, 0.25) is 5.91 Å². The molecule has 0 aliphatic rings. The largest absolute Gasteiger partial charge is 0.350 e. The normalized spacial score (nSPS) is 11.1.